The summed E-state index contributed by atoms with van der Waals surface area (Å²) in [5.41, 5.74) is 0.392. The van der Waals surface area contributed by atoms with Gasteiger partial charge in [-0.05, 0) is 12.1 Å². The van der Waals surface area contributed by atoms with Gasteiger partial charge in [0.2, 0.25) is 0 Å². The van der Waals surface area contributed by atoms with Crippen LogP contribution in [0.4, 0.5) is 0 Å². The van der Waals surface area contributed by atoms with Gasteiger partial charge in [-0.2, -0.15) is 0 Å². The highest BCUT2D eigenvalue weighted by Gasteiger charge is 2.19. The molecule has 0 saturated carbocycles. The Morgan fingerprint density at radius 3 is 2.75 bits per heavy atom. The summed E-state index contributed by atoms with van der Waals surface area (Å²) >= 11 is 11.7. The molecule has 0 amide bonds. The molecule has 0 saturated heterocycles. The van der Waals surface area contributed by atoms with E-state index in [1.807, 2.05) is 0 Å². The lowest BCUT2D eigenvalue weighted by molar-refractivity contribution is 0.182. The lowest BCUT2D eigenvalue weighted by Gasteiger charge is -2.13. The van der Waals surface area contributed by atoms with Crippen LogP contribution in [0.25, 0.3) is 0 Å². The zero-order valence-electron chi connectivity index (χ0n) is 10.0. The van der Waals surface area contributed by atoms with Gasteiger partial charge in [-0.3, -0.25) is 0 Å². The second-order valence-electron chi connectivity index (χ2n) is 3.95. The maximum absolute atomic E-state index is 11.8. The van der Waals surface area contributed by atoms with Gasteiger partial charge in [0.25, 0.3) is 10.0 Å². The van der Waals surface area contributed by atoms with E-state index in [-0.39, 0.29) is 16.6 Å². The van der Waals surface area contributed by atoms with Crippen molar-refractivity contribution in [2.24, 2.45) is 0 Å². The predicted octanol–water partition coefficient (Wildman–Crippen LogP) is 1.73. The van der Waals surface area contributed by atoms with Crippen LogP contribution < -0.4 is 4.72 Å². The number of sulfonamides is 1. The number of hydrogen-bond acceptors (Lipinski definition) is 4. The Bertz CT molecular complexity index is 689. The number of aromatic nitrogens is 2. The summed E-state index contributed by atoms with van der Waals surface area (Å²) in [5.74, 6) is 0. The maximum atomic E-state index is 11.8. The molecule has 0 aliphatic carbocycles. The van der Waals surface area contributed by atoms with Crippen LogP contribution in [0.15, 0.2) is 35.7 Å². The van der Waals surface area contributed by atoms with Gasteiger partial charge in [-0.15, -0.1) is 0 Å². The lowest BCUT2D eigenvalue weighted by Crippen LogP contribution is -2.28. The van der Waals surface area contributed by atoms with Gasteiger partial charge in [0, 0.05) is 22.2 Å². The molecule has 3 N–H and O–H groups in total. The number of H-pyrrole nitrogens is 1. The first-order valence-corrected chi connectivity index (χ1v) is 7.75. The molecule has 0 aliphatic rings. The van der Waals surface area contributed by atoms with E-state index in [0.29, 0.717) is 10.6 Å². The molecule has 6 nitrogen and oxygen atoms in total. The SMILES string of the molecule is O=S(=O)(NCC(O)c1ccc(Cl)cc1Cl)c1cnc[nH]1. The first-order chi connectivity index (χ1) is 9.40. The molecule has 1 aromatic carbocycles. The number of imidazole rings is 1. The quantitative estimate of drug-likeness (QED) is 0.775. The molecule has 1 aromatic heterocycles. The fourth-order valence-electron chi connectivity index (χ4n) is 1.54. The van der Waals surface area contributed by atoms with Gasteiger partial charge < -0.3 is 10.1 Å². The molecule has 0 aliphatic heterocycles. The summed E-state index contributed by atoms with van der Waals surface area (Å²) < 4.78 is 25.9. The predicted molar refractivity (Wildman–Crippen MR) is 75.2 cm³/mol. The average molecular weight is 336 g/mol. The van der Waals surface area contributed by atoms with Crippen molar-refractivity contribution in [3.8, 4) is 0 Å². The summed E-state index contributed by atoms with van der Waals surface area (Å²) in [6, 6.07) is 4.58. The van der Waals surface area contributed by atoms with Crippen LogP contribution in [0.2, 0.25) is 10.0 Å². The molecule has 0 radical (unpaired) electrons. The van der Waals surface area contributed by atoms with Gasteiger partial charge >= 0.3 is 0 Å². The molecule has 1 atom stereocenters. The monoisotopic (exact) mass is 335 g/mol. The summed E-state index contributed by atoms with van der Waals surface area (Å²) in [7, 11) is -3.74. The Morgan fingerprint density at radius 1 is 1.40 bits per heavy atom. The van der Waals surface area contributed by atoms with E-state index in [9.17, 15) is 13.5 Å². The third kappa shape index (κ3) is 3.50. The number of rotatable bonds is 5. The molecule has 0 fully saturated rings. The summed E-state index contributed by atoms with van der Waals surface area (Å²) in [6.45, 7) is -0.220. The van der Waals surface area contributed by atoms with E-state index in [1.54, 1.807) is 12.1 Å². The van der Waals surface area contributed by atoms with Crippen LogP contribution in [0.5, 0.6) is 0 Å². The first-order valence-electron chi connectivity index (χ1n) is 5.51. The second-order valence-corrected chi connectivity index (χ2v) is 6.53. The summed E-state index contributed by atoms with van der Waals surface area (Å²) in [4.78, 5) is 6.10. The van der Waals surface area contributed by atoms with Crippen molar-refractivity contribution in [2.45, 2.75) is 11.1 Å². The van der Waals surface area contributed by atoms with E-state index in [1.165, 1.54) is 18.6 Å². The number of aliphatic hydroxyl groups excluding tert-OH is 1. The zero-order chi connectivity index (χ0) is 14.8. The number of hydrogen-bond donors (Lipinski definition) is 3. The van der Waals surface area contributed by atoms with Gasteiger partial charge in [-0.1, -0.05) is 29.3 Å². The Hall–Kier alpha value is -1.12. The Morgan fingerprint density at radius 2 is 2.15 bits per heavy atom. The van der Waals surface area contributed by atoms with Crippen LogP contribution in [0, 0.1) is 0 Å². The number of benzene rings is 1. The molecule has 2 rings (SSSR count). The van der Waals surface area contributed by atoms with Crippen LogP contribution in [-0.4, -0.2) is 30.0 Å². The minimum atomic E-state index is -3.74. The molecule has 0 bridgehead atoms. The number of nitrogens with one attached hydrogen (secondary N) is 2. The van der Waals surface area contributed by atoms with Crippen molar-refractivity contribution in [1.82, 2.24) is 14.7 Å². The third-order valence-corrected chi connectivity index (χ3v) is 4.46. The Kier molecular flexibility index (Phi) is 4.66. The highest BCUT2D eigenvalue weighted by molar-refractivity contribution is 7.89. The fraction of sp³-hybridized carbons (Fsp3) is 0.182. The van der Waals surface area contributed by atoms with E-state index < -0.39 is 16.1 Å². The molecule has 2 aromatic rings. The van der Waals surface area contributed by atoms with E-state index in [2.05, 4.69) is 14.7 Å². The first kappa shape index (κ1) is 15.3. The van der Waals surface area contributed by atoms with Crippen molar-refractivity contribution >= 4 is 33.2 Å². The van der Waals surface area contributed by atoms with Crippen molar-refractivity contribution in [1.29, 1.82) is 0 Å². The molecule has 1 unspecified atom stereocenters. The van der Waals surface area contributed by atoms with Crippen molar-refractivity contribution in [2.75, 3.05) is 6.54 Å². The van der Waals surface area contributed by atoms with Gasteiger partial charge in [0.15, 0.2) is 5.03 Å². The van der Waals surface area contributed by atoms with Gasteiger partial charge in [0.05, 0.1) is 18.6 Å². The van der Waals surface area contributed by atoms with Crippen LogP contribution in [0.1, 0.15) is 11.7 Å². The highest BCUT2D eigenvalue weighted by Crippen LogP contribution is 2.26. The number of halogens is 2. The van der Waals surface area contributed by atoms with E-state index in [0.717, 1.165) is 0 Å². The smallest absolute Gasteiger partial charge is 0.257 e. The number of nitrogens with zero attached hydrogens (tertiary/aromatic N) is 1. The van der Waals surface area contributed by atoms with Crippen LogP contribution >= 0.6 is 23.2 Å². The second kappa shape index (κ2) is 6.11. The zero-order valence-corrected chi connectivity index (χ0v) is 12.4. The Labute approximate surface area is 125 Å². The molecule has 1 heterocycles. The lowest BCUT2D eigenvalue weighted by atomic mass is 10.1. The minimum Gasteiger partial charge on any atom is -0.387 e. The van der Waals surface area contributed by atoms with Crippen molar-refractivity contribution in [3.63, 3.8) is 0 Å². The van der Waals surface area contributed by atoms with Crippen LogP contribution in [0.3, 0.4) is 0 Å². The third-order valence-electron chi connectivity index (χ3n) is 2.55. The average Bonchev–Trinajstić information content (AvgIpc) is 2.90. The molecule has 9 heteroatoms. The van der Waals surface area contributed by atoms with Gasteiger partial charge in [0.1, 0.15) is 0 Å². The fourth-order valence-corrected chi connectivity index (χ4v) is 3.01. The van der Waals surface area contributed by atoms with E-state index in [4.69, 9.17) is 23.2 Å². The molecule has 108 valence electrons. The van der Waals surface area contributed by atoms with Gasteiger partial charge in [-0.25, -0.2) is 18.1 Å². The number of aliphatic hydroxyl groups is 1. The topological polar surface area (TPSA) is 95.1 Å². The van der Waals surface area contributed by atoms with Crippen LogP contribution in [-0.2, 0) is 10.0 Å². The largest absolute Gasteiger partial charge is 0.387 e. The van der Waals surface area contributed by atoms with Crippen molar-refractivity contribution < 1.29 is 13.5 Å². The molecule has 20 heavy (non-hydrogen) atoms. The van der Waals surface area contributed by atoms with Crippen molar-refractivity contribution in [3.05, 3.63) is 46.3 Å². The van der Waals surface area contributed by atoms with E-state index >= 15 is 0 Å². The maximum Gasteiger partial charge on any atom is 0.257 e. The minimum absolute atomic E-state index is 0.0769. The summed E-state index contributed by atoms with van der Waals surface area (Å²) in [5, 5.41) is 10.6. The summed E-state index contributed by atoms with van der Waals surface area (Å²) in [6.07, 6.45) is 1.34. The standard InChI is InChI=1S/C11H11Cl2N3O3S/c12-7-1-2-8(9(13)3-7)10(17)4-16-20(18,19)11-5-14-6-15-11/h1-3,5-6,10,16-17H,4H2,(H,14,15). The number of aromatic amines is 1. The highest BCUT2D eigenvalue weighted by atomic mass is 35.5. The molecule has 0 spiro atoms. The normalized spacial score (nSPS) is 13.3. The molecular formula is C11H11Cl2N3O3S. The molecular weight excluding hydrogens is 325 g/mol. The Balaban J connectivity index is 2.07.